The second kappa shape index (κ2) is 9.56. The number of aromatic nitrogens is 1. The van der Waals surface area contributed by atoms with E-state index in [1.165, 1.54) is 23.5 Å². The van der Waals surface area contributed by atoms with Gasteiger partial charge in [0, 0.05) is 12.2 Å². The van der Waals surface area contributed by atoms with Crippen LogP contribution in [0.3, 0.4) is 0 Å². The third-order valence-electron chi connectivity index (χ3n) is 5.40. The molecule has 1 aromatic heterocycles. The van der Waals surface area contributed by atoms with Crippen molar-refractivity contribution in [2.75, 3.05) is 30.4 Å². The normalized spacial score (nSPS) is 16.4. The molecular formula is C23H26N2O5S2. The summed E-state index contributed by atoms with van der Waals surface area (Å²) in [5.74, 6) is 0.461. The van der Waals surface area contributed by atoms with Gasteiger partial charge in [-0.2, -0.15) is 0 Å². The van der Waals surface area contributed by atoms with Crippen molar-refractivity contribution in [3.63, 3.8) is 0 Å². The van der Waals surface area contributed by atoms with Crippen molar-refractivity contribution in [1.29, 1.82) is 0 Å². The zero-order valence-corrected chi connectivity index (χ0v) is 19.7. The maximum absolute atomic E-state index is 13.5. The lowest BCUT2D eigenvalue weighted by Crippen LogP contribution is -2.37. The molecule has 1 aliphatic heterocycles. The molecule has 0 aliphatic carbocycles. The van der Waals surface area contributed by atoms with Gasteiger partial charge in [-0.05, 0) is 56.2 Å². The van der Waals surface area contributed by atoms with Crippen LogP contribution in [0.5, 0.6) is 5.75 Å². The number of hydrogen-bond acceptors (Lipinski definition) is 7. The molecule has 3 aromatic rings. The molecule has 1 atom stereocenters. The van der Waals surface area contributed by atoms with Gasteiger partial charge in [0.05, 0.1) is 34.6 Å². The summed E-state index contributed by atoms with van der Waals surface area (Å²) in [5, 5.41) is 0.568. The molecule has 32 heavy (non-hydrogen) atoms. The van der Waals surface area contributed by atoms with Gasteiger partial charge in [-0.1, -0.05) is 24.3 Å². The average Bonchev–Trinajstić information content (AvgIpc) is 3.47. The zero-order valence-electron chi connectivity index (χ0n) is 18.1. The first-order valence-electron chi connectivity index (χ1n) is 10.7. The van der Waals surface area contributed by atoms with Crippen LogP contribution >= 0.6 is 11.3 Å². The summed E-state index contributed by atoms with van der Waals surface area (Å²) in [6, 6.07) is 11.8. The van der Waals surface area contributed by atoms with Gasteiger partial charge in [-0.15, -0.1) is 0 Å². The molecule has 1 amide bonds. The van der Waals surface area contributed by atoms with Gasteiger partial charge >= 0.3 is 0 Å². The summed E-state index contributed by atoms with van der Waals surface area (Å²) in [6.07, 6.45) is 1.79. The second-order valence-corrected chi connectivity index (χ2v) is 10.8. The number of rotatable bonds is 8. The Morgan fingerprint density at radius 2 is 2.00 bits per heavy atom. The van der Waals surface area contributed by atoms with Crippen molar-refractivity contribution in [2.45, 2.75) is 37.7 Å². The van der Waals surface area contributed by atoms with E-state index in [2.05, 4.69) is 0 Å². The standard InChI is InChI=1S/C23H26N2O5S2/c1-3-29-19-8-5-9-20-21(19)24-23(31-20)25(15-17-7-6-14-30-17)22(26)16-10-12-18(13-11-16)32(27,28)4-2/h5,8-13,17H,3-4,6-7,14-15H2,1-2H3. The van der Waals surface area contributed by atoms with E-state index in [4.69, 9.17) is 14.5 Å². The van der Waals surface area contributed by atoms with Gasteiger partial charge in [0.1, 0.15) is 11.3 Å². The molecule has 0 spiro atoms. The van der Waals surface area contributed by atoms with Gasteiger partial charge < -0.3 is 9.47 Å². The number of nitrogens with zero attached hydrogens (tertiary/aromatic N) is 2. The number of sulfone groups is 1. The minimum Gasteiger partial charge on any atom is -0.492 e. The summed E-state index contributed by atoms with van der Waals surface area (Å²) in [6.45, 7) is 5.11. The predicted octanol–water partition coefficient (Wildman–Crippen LogP) is 4.31. The summed E-state index contributed by atoms with van der Waals surface area (Å²) in [7, 11) is -3.33. The average molecular weight is 475 g/mol. The Morgan fingerprint density at radius 3 is 2.66 bits per heavy atom. The number of amides is 1. The van der Waals surface area contributed by atoms with E-state index < -0.39 is 9.84 Å². The van der Waals surface area contributed by atoms with Crippen LogP contribution in [0.1, 0.15) is 37.0 Å². The summed E-state index contributed by atoms with van der Waals surface area (Å²) in [5.41, 5.74) is 1.13. The highest BCUT2D eigenvalue weighted by Crippen LogP contribution is 2.35. The lowest BCUT2D eigenvalue weighted by Gasteiger charge is -2.23. The van der Waals surface area contributed by atoms with Crippen LogP contribution in [0.2, 0.25) is 0 Å². The van der Waals surface area contributed by atoms with Crippen molar-refractivity contribution in [2.24, 2.45) is 0 Å². The molecule has 2 aromatic carbocycles. The highest BCUT2D eigenvalue weighted by atomic mass is 32.2. The maximum Gasteiger partial charge on any atom is 0.260 e. The molecule has 170 valence electrons. The Kier molecular flexibility index (Phi) is 6.78. The Balaban J connectivity index is 1.70. The van der Waals surface area contributed by atoms with E-state index in [9.17, 15) is 13.2 Å². The molecule has 1 aliphatic rings. The maximum atomic E-state index is 13.5. The van der Waals surface area contributed by atoms with E-state index in [0.717, 1.165) is 23.1 Å². The monoisotopic (exact) mass is 474 g/mol. The van der Waals surface area contributed by atoms with Gasteiger partial charge in [0.25, 0.3) is 5.91 Å². The Bertz CT molecular complexity index is 1200. The number of thiazole rings is 1. The van der Waals surface area contributed by atoms with Crippen molar-refractivity contribution in [3.05, 3.63) is 48.0 Å². The van der Waals surface area contributed by atoms with Gasteiger partial charge in [-0.25, -0.2) is 13.4 Å². The molecule has 0 saturated carbocycles. The summed E-state index contributed by atoms with van der Waals surface area (Å²) < 4.78 is 36.7. The molecule has 4 rings (SSSR count). The fraction of sp³-hybridized carbons (Fsp3) is 0.391. The number of para-hydroxylation sites is 1. The highest BCUT2D eigenvalue weighted by Gasteiger charge is 2.28. The van der Waals surface area contributed by atoms with E-state index in [-0.39, 0.29) is 22.7 Å². The second-order valence-electron chi connectivity index (χ2n) is 7.51. The first kappa shape index (κ1) is 22.7. The van der Waals surface area contributed by atoms with Gasteiger partial charge in [0.15, 0.2) is 15.0 Å². The first-order chi connectivity index (χ1) is 15.4. The fourth-order valence-electron chi connectivity index (χ4n) is 3.67. The molecule has 2 heterocycles. The predicted molar refractivity (Wildman–Crippen MR) is 126 cm³/mol. The molecule has 1 saturated heterocycles. The third-order valence-corrected chi connectivity index (χ3v) is 8.19. The van der Waals surface area contributed by atoms with Crippen LogP contribution in [0.4, 0.5) is 5.13 Å². The van der Waals surface area contributed by atoms with Gasteiger partial charge in [0.2, 0.25) is 0 Å². The van der Waals surface area contributed by atoms with E-state index >= 15 is 0 Å². The molecule has 9 heteroatoms. The van der Waals surface area contributed by atoms with E-state index in [1.807, 2.05) is 25.1 Å². The zero-order chi connectivity index (χ0) is 22.7. The van der Waals surface area contributed by atoms with Gasteiger partial charge in [-0.3, -0.25) is 9.69 Å². The van der Waals surface area contributed by atoms with Crippen molar-refractivity contribution in [3.8, 4) is 5.75 Å². The number of carbonyl (C=O) groups is 1. The van der Waals surface area contributed by atoms with Crippen LogP contribution < -0.4 is 9.64 Å². The van der Waals surface area contributed by atoms with Crippen LogP contribution in [0, 0.1) is 0 Å². The van der Waals surface area contributed by atoms with Crippen LogP contribution in [0.15, 0.2) is 47.4 Å². The van der Waals surface area contributed by atoms with E-state index in [1.54, 1.807) is 24.0 Å². The van der Waals surface area contributed by atoms with Crippen LogP contribution in [0.25, 0.3) is 10.2 Å². The van der Waals surface area contributed by atoms with E-state index in [0.29, 0.717) is 36.2 Å². The SMILES string of the molecule is CCOc1cccc2sc(N(CC3CCCO3)C(=O)c3ccc(S(=O)(=O)CC)cc3)nc12. The first-order valence-corrected chi connectivity index (χ1v) is 13.2. The largest absolute Gasteiger partial charge is 0.492 e. The molecule has 1 unspecified atom stereocenters. The fourth-order valence-corrected chi connectivity index (χ4v) is 5.54. The molecular weight excluding hydrogens is 448 g/mol. The minimum atomic E-state index is -3.33. The number of fused-ring (bicyclic) bond motifs is 1. The third kappa shape index (κ3) is 4.65. The van der Waals surface area contributed by atoms with Crippen molar-refractivity contribution >= 4 is 42.4 Å². The smallest absolute Gasteiger partial charge is 0.260 e. The molecule has 7 nitrogen and oxygen atoms in total. The molecule has 0 radical (unpaired) electrons. The number of benzene rings is 2. The summed E-state index contributed by atoms with van der Waals surface area (Å²) in [4.78, 5) is 20.1. The lowest BCUT2D eigenvalue weighted by molar-refractivity contribution is 0.0917. The Hall–Kier alpha value is -2.49. The molecule has 1 fully saturated rings. The topological polar surface area (TPSA) is 85.8 Å². The minimum absolute atomic E-state index is 0.0132. The number of anilines is 1. The molecule has 0 N–H and O–H groups in total. The number of hydrogen-bond donors (Lipinski definition) is 0. The van der Waals surface area contributed by atoms with Crippen molar-refractivity contribution < 1.29 is 22.7 Å². The highest BCUT2D eigenvalue weighted by molar-refractivity contribution is 7.91. The Morgan fingerprint density at radius 1 is 1.22 bits per heavy atom. The molecule has 0 bridgehead atoms. The van der Waals surface area contributed by atoms with Crippen molar-refractivity contribution in [1.82, 2.24) is 4.98 Å². The Labute approximate surface area is 191 Å². The number of ether oxygens (including phenoxy) is 2. The lowest BCUT2D eigenvalue weighted by atomic mass is 10.2. The summed E-state index contributed by atoms with van der Waals surface area (Å²) >= 11 is 1.43. The quantitative estimate of drug-likeness (QED) is 0.483. The van der Waals surface area contributed by atoms with Crippen LogP contribution in [-0.4, -0.2) is 50.9 Å². The number of carbonyl (C=O) groups excluding carboxylic acids is 1. The van der Waals surface area contributed by atoms with Crippen LogP contribution in [-0.2, 0) is 14.6 Å².